The maximum atomic E-state index is 13.6. The molecular formula is C24H20F2N4O4. The molecule has 1 aromatic carbocycles. The maximum absolute atomic E-state index is 13.6. The van der Waals surface area contributed by atoms with E-state index in [1.54, 1.807) is 18.2 Å². The van der Waals surface area contributed by atoms with Gasteiger partial charge in [0.25, 0.3) is 6.43 Å². The van der Waals surface area contributed by atoms with Crippen LogP contribution < -0.4 is 5.32 Å². The number of benzene rings is 1. The Labute approximate surface area is 192 Å². The number of aliphatic hydroxyl groups is 1. The molecule has 0 bridgehead atoms. The molecule has 10 heteroatoms. The van der Waals surface area contributed by atoms with Crippen molar-refractivity contribution in [3.8, 4) is 11.5 Å². The lowest BCUT2D eigenvalue weighted by Crippen LogP contribution is -2.25. The van der Waals surface area contributed by atoms with Crippen molar-refractivity contribution >= 4 is 33.6 Å². The van der Waals surface area contributed by atoms with Gasteiger partial charge in [0.15, 0.2) is 5.58 Å². The molecule has 6 rings (SSSR count). The highest BCUT2D eigenvalue weighted by Gasteiger charge is 2.35. The topological polar surface area (TPSA) is 110 Å². The van der Waals surface area contributed by atoms with Crippen molar-refractivity contribution in [3.63, 3.8) is 0 Å². The first-order valence-corrected chi connectivity index (χ1v) is 11.0. The van der Waals surface area contributed by atoms with Gasteiger partial charge in [-0.05, 0) is 36.6 Å². The molecule has 2 fully saturated rings. The molecule has 2 N–H and O–H groups in total. The maximum Gasteiger partial charge on any atom is 0.281 e. The van der Waals surface area contributed by atoms with Crippen LogP contribution in [0.25, 0.3) is 33.3 Å². The first kappa shape index (κ1) is 21.1. The number of pyridine rings is 2. The van der Waals surface area contributed by atoms with E-state index in [0.29, 0.717) is 40.6 Å². The Balaban J connectivity index is 1.45. The Kier molecular flexibility index (Phi) is 4.82. The number of nitrogens with zero attached hydrogens (tertiary/aromatic N) is 3. The Hall–Kier alpha value is -3.50. The summed E-state index contributed by atoms with van der Waals surface area (Å²) >= 11 is 0. The van der Waals surface area contributed by atoms with Gasteiger partial charge in [0, 0.05) is 42.1 Å². The lowest BCUT2D eigenvalue weighted by Gasteiger charge is -2.20. The quantitative estimate of drug-likeness (QED) is 0.450. The first-order valence-electron chi connectivity index (χ1n) is 11.0. The fourth-order valence-electron chi connectivity index (χ4n) is 4.25. The van der Waals surface area contributed by atoms with Crippen LogP contribution in [-0.2, 0) is 15.1 Å². The predicted molar refractivity (Wildman–Crippen MR) is 118 cm³/mol. The van der Waals surface area contributed by atoms with Gasteiger partial charge in [0.05, 0.1) is 12.2 Å². The van der Waals surface area contributed by atoms with E-state index in [4.69, 9.17) is 9.15 Å². The predicted octanol–water partition coefficient (Wildman–Crippen LogP) is 4.33. The summed E-state index contributed by atoms with van der Waals surface area (Å²) in [5.41, 5.74) is 0.538. The second-order valence-corrected chi connectivity index (χ2v) is 8.77. The van der Waals surface area contributed by atoms with Crippen molar-refractivity contribution < 1.29 is 27.8 Å². The first-order chi connectivity index (χ1) is 16.4. The standard InChI is InChI=1S/C24H20F2N4O4/c25-21(26)20-15-9-27-19(30-22(31)12-1-2-12)8-14(15)16(10-28-20)23-29-17-4-3-13(7-18(17)34-23)24(32)5-6-33-11-24/h3-4,7-10,12,21,32H,1-2,5-6,11H2,(H,27,30,31)/t24-/m0/s1. The number of oxazole rings is 1. The van der Waals surface area contributed by atoms with E-state index in [9.17, 15) is 18.7 Å². The van der Waals surface area contributed by atoms with E-state index in [2.05, 4.69) is 20.3 Å². The molecule has 3 aromatic heterocycles. The molecule has 1 saturated heterocycles. The number of fused-ring (bicyclic) bond motifs is 2. The molecular weight excluding hydrogens is 446 g/mol. The number of ether oxygens (including phenoxy) is 1. The fraction of sp³-hybridized carbons (Fsp3) is 0.333. The summed E-state index contributed by atoms with van der Waals surface area (Å²) in [5.74, 6) is 0.279. The average Bonchev–Trinajstić information content (AvgIpc) is 3.45. The zero-order chi connectivity index (χ0) is 23.4. The number of nitrogens with one attached hydrogen (secondary N) is 1. The molecule has 2 aliphatic rings. The number of alkyl halides is 2. The molecule has 1 aliphatic carbocycles. The van der Waals surface area contributed by atoms with E-state index in [0.717, 1.165) is 12.8 Å². The van der Waals surface area contributed by atoms with E-state index in [1.165, 1.54) is 18.5 Å². The third-order valence-corrected chi connectivity index (χ3v) is 6.37. The van der Waals surface area contributed by atoms with Gasteiger partial charge in [0.2, 0.25) is 11.8 Å². The minimum atomic E-state index is -2.80. The van der Waals surface area contributed by atoms with Crippen LogP contribution in [0.3, 0.4) is 0 Å². The summed E-state index contributed by atoms with van der Waals surface area (Å²) < 4.78 is 38.6. The molecule has 4 aromatic rings. The highest BCUT2D eigenvalue weighted by atomic mass is 19.3. The number of anilines is 1. The molecule has 34 heavy (non-hydrogen) atoms. The highest BCUT2D eigenvalue weighted by molar-refractivity contribution is 6.00. The van der Waals surface area contributed by atoms with Gasteiger partial charge < -0.3 is 19.6 Å². The zero-order valence-electron chi connectivity index (χ0n) is 17.9. The normalized spacial score (nSPS) is 20.5. The van der Waals surface area contributed by atoms with Gasteiger partial charge in [-0.2, -0.15) is 0 Å². The van der Waals surface area contributed by atoms with Gasteiger partial charge in [0.1, 0.15) is 22.6 Å². The molecule has 0 unspecified atom stereocenters. The summed E-state index contributed by atoms with van der Waals surface area (Å²) in [5, 5.41) is 14.1. The van der Waals surface area contributed by atoms with Crippen molar-refractivity contribution in [3.05, 3.63) is 47.9 Å². The number of carbonyl (C=O) groups is 1. The number of carbonyl (C=O) groups excluding carboxylic acids is 1. The van der Waals surface area contributed by atoms with Crippen LogP contribution in [0.2, 0.25) is 0 Å². The van der Waals surface area contributed by atoms with Crippen LogP contribution >= 0.6 is 0 Å². The Morgan fingerprint density at radius 1 is 1.18 bits per heavy atom. The van der Waals surface area contributed by atoms with Crippen molar-refractivity contribution in [1.82, 2.24) is 15.0 Å². The second-order valence-electron chi connectivity index (χ2n) is 8.77. The van der Waals surface area contributed by atoms with E-state index in [1.807, 2.05) is 0 Å². The van der Waals surface area contributed by atoms with Crippen molar-refractivity contribution in [2.45, 2.75) is 31.3 Å². The summed E-state index contributed by atoms with van der Waals surface area (Å²) in [7, 11) is 0. The zero-order valence-corrected chi connectivity index (χ0v) is 17.9. The molecule has 0 radical (unpaired) electrons. The Morgan fingerprint density at radius 3 is 2.76 bits per heavy atom. The largest absolute Gasteiger partial charge is 0.436 e. The highest BCUT2D eigenvalue weighted by Crippen LogP contribution is 2.37. The van der Waals surface area contributed by atoms with Crippen LogP contribution in [0.1, 0.15) is 36.9 Å². The molecule has 1 saturated carbocycles. The number of aromatic nitrogens is 3. The van der Waals surface area contributed by atoms with Gasteiger partial charge >= 0.3 is 0 Å². The number of hydrogen-bond acceptors (Lipinski definition) is 7. The SMILES string of the molecule is O=C(Nc1cc2c(-c3nc4ccc([C@]5(O)CCOC5)cc4o3)cnc(C(F)F)c2cn1)C1CC1. The van der Waals surface area contributed by atoms with E-state index < -0.39 is 17.7 Å². The van der Waals surface area contributed by atoms with Crippen molar-refractivity contribution in [1.29, 1.82) is 0 Å². The third-order valence-electron chi connectivity index (χ3n) is 6.37. The van der Waals surface area contributed by atoms with Gasteiger partial charge in [-0.15, -0.1) is 0 Å². The average molecular weight is 466 g/mol. The summed E-state index contributed by atoms with van der Waals surface area (Å²) in [6, 6.07) is 6.76. The van der Waals surface area contributed by atoms with E-state index in [-0.39, 0.29) is 35.5 Å². The van der Waals surface area contributed by atoms with Crippen LogP contribution in [0, 0.1) is 5.92 Å². The molecule has 1 atom stereocenters. The second kappa shape index (κ2) is 7.78. The van der Waals surface area contributed by atoms with Gasteiger partial charge in [-0.1, -0.05) is 6.07 Å². The van der Waals surface area contributed by atoms with Gasteiger partial charge in [-0.25, -0.2) is 18.7 Å². The minimum Gasteiger partial charge on any atom is -0.436 e. The number of amides is 1. The van der Waals surface area contributed by atoms with Crippen LogP contribution in [0.4, 0.5) is 14.6 Å². The van der Waals surface area contributed by atoms with E-state index >= 15 is 0 Å². The molecule has 8 nitrogen and oxygen atoms in total. The molecule has 0 spiro atoms. The lowest BCUT2D eigenvalue weighted by atomic mass is 9.93. The van der Waals surface area contributed by atoms with Crippen LogP contribution in [0.15, 0.2) is 41.1 Å². The monoisotopic (exact) mass is 466 g/mol. The Morgan fingerprint density at radius 2 is 2.03 bits per heavy atom. The molecule has 1 aliphatic heterocycles. The van der Waals surface area contributed by atoms with Crippen molar-refractivity contribution in [2.75, 3.05) is 18.5 Å². The minimum absolute atomic E-state index is 0.0302. The molecule has 1 amide bonds. The van der Waals surface area contributed by atoms with Crippen LogP contribution in [-0.4, -0.2) is 39.2 Å². The summed E-state index contributed by atoms with van der Waals surface area (Å²) in [6.07, 6.45) is 1.91. The Bertz CT molecular complexity index is 1430. The summed E-state index contributed by atoms with van der Waals surface area (Å²) in [6.45, 7) is 0.670. The number of rotatable bonds is 5. The number of hydrogen-bond donors (Lipinski definition) is 2. The van der Waals surface area contributed by atoms with Crippen LogP contribution in [0.5, 0.6) is 0 Å². The van der Waals surface area contributed by atoms with Crippen molar-refractivity contribution in [2.24, 2.45) is 5.92 Å². The third kappa shape index (κ3) is 3.59. The smallest absolute Gasteiger partial charge is 0.281 e. The fourth-order valence-corrected chi connectivity index (χ4v) is 4.25. The molecule has 4 heterocycles. The summed E-state index contributed by atoms with van der Waals surface area (Å²) in [4.78, 5) is 24.8. The van der Waals surface area contributed by atoms with Gasteiger partial charge in [-0.3, -0.25) is 9.78 Å². The molecule has 174 valence electrons. The lowest BCUT2D eigenvalue weighted by molar-refractivity contribution is -0.117. The number of halogens is 2.